The predicted molar refractivity (Wildman–Crippen MR) is 181 cm³/mol. The number of hydrogen-bond donors (Lipinski definition) is 2. The van der Waals surface area contributed by atoms with E-state index in [2.05, 4.69) is 75.4 Å². The van der Waals surface area contributed by atoms with Crippen molar-refractivity contribution in [1.29, 1.82) is 0 Å². The molecule has 0 radical (unpaired) electrons. The van der Waals surface area contributed by atoms with Crippen LogP contribution in [0.15, 0.2) is 60.9 Å². The van der Waals surface area contributed by atoms with Crippen LogP contribution in [0.5, 0.6) is 0 Å². The van der Waals surface area contributed by atoms with E-state index in [1.165, 1.54) is 0 Å². The van der Waals surface area contributed by atoms with Crippen molar-refractivity contribution in [2.45, 2.75) is 91.0 Å². The first-order chi connectivity index (χ1) is 22.2. The second kappa shape index (κ2) is 12.5. The van der Waals surface area contributed by atoms with Crippen molar-refractivity contribution < 1.29 is 19.1 Å². The van der Waals surface area contributed by atoms with E-state index in [4.69, 9.17) is 9.47 Å². The molecule has 2 aliphatic rings. The number of H-pyrrole nitrogens is 2. The number of benzene rings is 2. The lowest BCUT2D eigenvalue weighted by Gasteiger charge is -2.27. The van der Waals surface area contributed by atoms with Crippen molar-refractivity contribution in [2.75, 3.05) is 13.1 Å². The summed E-state index contributed by atoms with van der Waals surface area (Å²) in [5.74, 6) is 1.93. The minimum atomic E-state index is -0.547. The molecule has 0 bridgehead atoms. The fourth-order valence-corrected chi connectivity index (χ4v) is 6.41. The zero-order chi connectivity index (χ0) is 33.5. The molecule has 10 nitrogen and oxygen atoms in total. The Morgan fingerprint density at radius 2 is 1.15 bits per heavy atom. The maximum atomic E-state index is 12.9. The zero-order valence-electron chi connectivity index (χ0n) is 28.5. The van der Waals surface area contributed by atoms with Crippen LogP contribution < -0.4 is 0 Å². The molecule has 6 rings (SSSR count). The van der Waals surface area contributed by atoms with Crippen LogP contribution in [-0.2, 0) is 9.47 Å². The summed E-state index contributed by atoms with van der Waals surface area (Å²) in [6.45, 7) is 14.8. The molecule has 0 aliphatic carbocycles. The number of carbonyl (C=O) groups is 2. The third-order valence-corrected chi connectivity index (χ3v) is 8.57. The number of carbonyl (C=O) groups excluding carboxylic acids is 2. The lowest BCUT2D eigenvalue weighted by molar-refractivity contribution is 0.0206. The molecule has 0 spiro atoms. The fourth-order valence-electron chi connectivity index (χ4n) is 6.41. The van der Waals surface area contributed by atoms with E-state index in [0.29, 0.717) is 19.0 Å². The second-order valence-electron chi connectivity index (χ2n) is 14.8. The van der Waals surface area contributed by atoms with Crippen molar-refractivity contribution in [2.24, 2.45) is 5.92 Å². The van der Waals surface area contributed by atoms with Crippen LogP contribution in [0.1, 0.15) is 91.5 Å². The summed E-state index contributed by atoms with van der Waals surface area (Å²) in [7, 11) is 0. The number of ether oxygens (including phenoxy) is 2. The van der Waals surface area contributed by atoms with E-state index >= 15 is 0 Å². The van der Waals surface area contributed by atoms with E-state index in [1.807, 2.05) is 53.9 Å². The molecule has 2 aromatic carbocycles. The van der Waals surface area contributed by atoms with Gasteiger partial charge < -0.3 is 19.4 Å². The third-order valence-electron chi connectivity index (χ3n) is 8.57. The van der Waals surface area contributed by atoms with Crippen LogP contribution in [0.2, 0.25) is 0 Å². The molecule has 3 atom stereocenters. The maximum Gasteiger partial charge on any atom is 0.410 e. The van der Waals surface area contributed by atoms with Crippen LogP contribution in [0.4, 0.5) is 9.59 Å². The van der Waals surface area contributed by atoms with Gasteiger partial charge in [-0.1, -0.05) is 55.5 Å². The largest absolute Gasteiger partial charge is 0.444 e. The van der Waals surface area contributed by atoms with E-state index in [0.717, 1.165) is 64.6 Å². The van der Waals surface area contributed by atoms with E-state index in [9.17, 15) is 9.59 Å². The fraction of sp³-hybridized carbons (Fsp3) is 0.459. The summed E-state index contributed by atoms with van der Waals surface area (Å²) < 4.78 is 11.3. The average Bonchev–Trinajstić information content (AvgIpc) is 3.81. The number of aromatic amines is 2. The minimum absolute atomic E-state index is 0.118. The second-order valence-corrected chi connectivity index (χ2v) is 14.8. The Labute approximate surface area is 276 Å². The Morgan fingerprint density at radius 1 is 0.702 bits per heavy atom. The molecule has 0 unspecified atom stereocenters. The van der Waals surface area contributed by atoms with Crippen molar-refractivity contribution in [1.82, 2.24) is 29.7 Å². The standard InChI is InChI=1S/C37H46N6O4/c1-23-19-31(43(22-23)35(45)47-37(5,6)7)33-39-21-29(41-33)27-16-12-25(13-17-27)24-10-14-26(15-11-24)28-20-38-32(40-28)30-9-8-18-42(30)34(44)46-36(2,3)4/h10-17,20-21,23,30-31H,8-9,18-19,22H2,1-7H3,(H,38,40)(H,39,41)/t23-,30-,31-/m0/s1. The number of likely N-dealkylation sites (tertiary alicyclic amines) is 2. The molecular formula is C37H46N6O4. The molecule has 2 saturated heterocycles. The Balaban J connectivity index is 1.12. The molecule has 2 aliphatic heterocycles. The highest BCUT2D eigenvalue weighted by atomic mass is 16.6. The van der Waals surface area contributed by atoms with Gasteiger partial charge in [0.2, 0.25) is 0 Å². The quantitative estimate of drug-likeness (QED) is 0.226. The van der Waals surface area contributed by atoms with Gasteiger partial charge in [0.25, 0.3) is 0 Å². The van der Waals surface area contributed by atoms with Gasteiger partial charge in [-0.2, -0.15) is 0 Å². The minimum Gasteiger partial charge on any atom is -0.444 e. The van der Waals surface area contributed by atoms with Gasteiger partial charge in [0.05, 0.1) is 35.9 Å². The van der Waals surface area contributed by atoms with Crippen LogP contribution >= 0.6 is 0 Å². The molecular weight excluding hydrogens is 592 g/mol. The summed E-state index contributed by atoms with van der Waals surface area (Å²) in [5, 5.41) is 0. The summed E-state index contributed by atoms with van der Waals surface area (Å²) in [5.41, 5.74) is 4.99. The molecule has 0 saturated carbocycles. The topological polar surface area (TPSA) is 116 Å². The SMILES string of the molecule is C[C@H]1C[C@@H](c2ncc(-c3ccc(-c4ccc(-c5cnc([C@@H]6CCCN6C(=O)OC(C)(C)C)[nH]5)cc4)cc3)[nH]2)N(C(=O)OC(C)(C)C)C1. The Hall–Kier alpha value is -4.60. The van der Waals surface area contributed by atoms with E-state index < -0.39 is 11.2 Å². The molecule has 2 N–H and O–H groups in total. The molecule has 10 heteroatoms. The number of hydrogen-bond acceptors (Lipinski definition) is 6. The third kappa shape index (κ3) is 7.37. The number of amides is 2. The summed E-state index contributed by atoms with van der Waals surface area (Å²) in [4.78, 5) is 45.5. The first-order valence-corrected chi connectivity index (χ1v) is 16.5. The van der Waals surface area contributed by atoms with Gasteiger partial charge >= 0.3 is 12.2 Å². The normalized spacial score (nSPS) is 20.1. The number of nitrogens with zero attached hydrogens (tertiary/aromatic N) is 4. The highest BCUT2D eigenvalue weighted by Gasteiger charge is 2.38. The van der Waals surface area contributed by atoms with Gasteiger partial charge in [-0.25, -0.2) is 19.6 Å². The molecule has 2 amide bonds. The molecule has 47 heavy (non-hydrogen) atoms. The number of imidazole rings is 2. The first-order valence-electron chi connectivity index (χ1n) is 16.5. The van der Waals surface area contributed by atoms with Crippen LogP contribution in [0.3, 0.4) is 0 Å². The summed E-state index contributed by atoms with van der Waals surface area (Å²) in [6.07, 6.45) is 5.69. The smallest absolute Gasteiger partial charge is 0.410 e. The van der Waals surface area contributed by atoms with Gasteiger partial charge in [-0.05, 0) is 89.0 Å². The Morgan fingerprint density at radius 3 is 1.64 bits per heavy atom. The number of rotatable bonds is 5. The van der Waals surface area contributed by atoms with Crippen LogP contribution in [-0.4, -0.2) is 66.2 Å². The Kier molecular flexibility index (Phi) is 8.63. The van der Waals surface area contributed by atoms with Gasteiger partial charge in [-0.3, -0.25) is 9.80 Å². The summed E-state index contributed by atoms with van der Waals surface area (Å²) in [6, 6.07) is 16.5. The zero-order valence-corrected chi connectivity index (χ0v) is 28.5. The molecule has 2 aromatic heterocycles. The number of aromatic nitrogens is 4. The van der Waals surface area contributed by atoms with Gasteiger partial charge in [-0.15, -0.1) is 0 Å². The first kappa shape index (κ1) is 32.3. The van der Waals surface area contributed by atoms with Crippen molar-refractivity contribution in [3.63, 3.8) is 0 Å². The van der Waals surface area contributed by atoms with Gasteiger partial charge in [0, 0.05) is 13.1 Å². The van der Waals surface area contributed by atoms with Crippen LogP contribution in [0, 0.1) is 5.92 Å². The maximum absolute atomic E-state index is 12.9. The average molecular weight is 639 g/mol. The van der Waals surface area contributed by atoms with Gasteiger partial charge in [0.15, 0.2) is 0 Å². The van der Waals surface area contributed by atoms with Gasteiger partial charge in [0.1, 0.15) is 22.9 Å². The lowest BCUT2D eigenvalue weighted by atomic mass is 10.0. The van der Waals surface area contributed by atoms with Crippen molar-refractivity contribution in [3.05, 3.63) is 72.6 Å². The van der Waals surface area contributed by atoms with E-state index in [-0.39, 0.29) is 24.3 Å². The van der Waals surface area contributed by atoms with Crippen molar-refractivity contribution >= 4 is 12.2 Å². The van der Waals surface area contributed by atoms with Crippen LogP contribution in [0.25, 0.3) is 33.6 Å². The van der Waals surface area contributed by atoms with E-state index in [1.54, 1.807) is 9.80 Å². The molecule has 248 valence electrons. The highest BCUT2D eigenvalue weighted by Crippen LogP contribution is 2.37. The summed E-state index contributed by atoms with van der Waals surface area (Å²) >= 11 is 0. The molecule has 2 fully saturated rings. The monoisotopic (exact) mass is 638 g/mol. The molecule has 4 aromatic rings. The lowest BCUT2D eigenvalue weighted by Crippen LogP contribution is -2.37. The predicted octanol–water partition coefficient (Wildman–Crippen LogP) is 8.52. The number of nitrogens with one attached hydrogen (secondary N) is 2. The molecule has 4 heterocycles. The highest BCUT2D eigenvalue weighted by molar-refractivity contribution is 5.72. The Bertz CT molecular complexity index is 1710. The van der Waals surface area contributed by atoms with Crippen molar-refractivity contribution in [3.8, 4) is 33.6 Å².